The highest BCUT2D eigenvalue weighted by Crippen LogP contribution is 2.34. The van der Waals surface area contributed by atoms with E-state index >= 15 is 0 Å². The van der Waals surface area contributed by atoms with E-state index < -0.39 is 0 Å². The molecule has 1 aromatic rings. The third kappa shape index (κ3) is 4.80. The van der Waals surface area contributed by atoms with Crippen LogP contribution in [0.1, 0.15) is 43.9 Å². The summed E-state index contributed by atoms with van der Waals surface area (Å²) < 4.78 is 0. The second-order valence-electron chi connectivity index (χ2n) is 5.83. The molecule has 0 saturated heterocycles. The van der Waals surface area contributed by atoms with Gasteiger partial charge in [0.1, 0.15) is 5.75 Å². The predicted molar refractivity (Wildman–Crippen MR) is 82.8 cm³/mol. The highest BCUT2D eigenvalue weighted by molar-refractivity contribution is 7.99. The number of phenols is 1. The Balaban J connectivity index is 2.75. The zero-order valence-electron chi connectivity index (χ0n) is 12.3. The molecule has 2 nitrogen and oxygen atoms in total. The van der Waals surface area contributed by atoms with Crippen LogP contribution in [-0.2, 0) is 11.8 Å². The zero-order chi connectivity index (χ0) is 14.5. The molecule has 0 aliphatic carbocycles. The molecule has 1 rings (SSSR count). The molecule has 0 fully saturated rings. The lowest BCUT2D eigenvalue weighted by Crippen LogP contribution is -2.12. The molecule has 0 aliphatic rings. The Morgan fingerprint density at radius 3 is 2.53 bits per heavy atom. The number of aryl methyl sites for hydroxylation is 2. The van der Waals surface area contributed by atoms with Crippen molar-refractivity contribution in [3.63, 3.8) is 0 Å². The summed E-state index contributed by atoms with van der Waals surface area (Å²) in [5, 5.41) is 18.6. The molecule has 0 amide bonds. The van der Waals surface area contributed by atoms with E-state index in [2.05, 4.69) is 39.0 Å². The number of hydrogen-bond donors (Lipinski definition) is 1. The Hall–Kier alpha value is -1.14. The van der Waals surface area contributed by atoms with E-state index in [1.54, 1.807) is 0 Å². The molecule has 0 atom stereocenters. The van der Waals surface area contributed by atoms with Crippen LogP contribution in [0.5, 0.6) is 5.75 Å². The third-order valence-corrected chi connectivity index (χ3v) is 4.05. The van der Waals surface area contributed by atoms with Crippen molar-refractivity contribution in [2.24, 2.45) is 0 Å². The van der Waals surface area contributed by atoms with Gasteiger partial charge >= 0.3 is 0 Å². The molecule has 0 aliphatic heterocycles. The van der Waals surface area contributed by atoms with Crippen LogP contribution in [0, 0.1) is 18.3 Å². The Morgan fingerprint density at radius 2 is 1.95 bits per heavy atom. The third-order valence-electron chi connectivity index (χ3n) is 3.06. The lowest BCUT2D eigenvalue weighted by molar-refractivity contribution is 0.442. The fourth-order valence-electron chi connectivity index (χ4n) is 1.98. The Morgan fingerprint density at radius 1 is 1.26 bits per heavy atom. The van der Waals surface area contributed by atoms with Crippen molar-refractivity contribution in [1.29, 1.82) is 5.26 Å². The van der Waals surface area contributed by atoms with Crippen molar-refractivity contribution in [2.45, 2.75) is 46.0 Å². The topological polar surface area (TPSA) is 44.0 Å². The molecule has 0 radical (unpaired) electrons. The number of nitrogens with zero attached hydrogens (tertiary/aromatic N) is 1. The first-order chi connectivity index (χ1) is 8.86. The van der Waals surface area contributed by atoms with E-state index in [-0.39, 0.29) is 5.41 Å². The summed E-state index contributed by atoms with van der Waals surface area (Å²) in [5.41, 5.74) is 3.19. The minimum Gasteiger partial charge on any atom is -0.507 e. The van der Waals surface area contributed by atoms with E-state index in [9.17, 15) is 5.11 Å². The summed E-state index contributed by atoms with van der Waals surface area (Å²) >= 11 is 1.81. The van der Waals surface area contributed by atoms with E-state index in [0.717, 1.165) is 29.1 Å². The van der Waals surface area contributed by atoms with Crippen molar-refractivity contribution >= 4 is 11.8 Å². The zero-order valence-corrected chi connectivity index (χ0v) is 13.1. The molecule has 0 heterocycles. The van der Waals surface area contributed by atoms with Gasteiger partial charge in [-0.05, 0) is 41.2 Å². The molecular weight excluding hydrogens is 254 g/mol. The highest BCUT2D eigenvalue weighted by atomic mass is 32.2. The maximum absolute atomic E-state index is 10.2. The van der Waals surface area contributed by atoms with Gasteiger partial charge in [0.25, 0.3) is 0 Å². The van der Waals surface area contributed by atoms with Crippen LogP contribution in [0.2, 0.25) is 0 Å². The molecule has 3 heteroatoms. The molecule has 1 N–H and O–H groups in total. The van der Waals surface area contributed by atoms with Gasteiger partial charge in [-0.1, -0.05) is 32.9 Å². The SMILES string of the molecule is Cc1cc(CCSCCC#N)cc(C(C)(C)C)c1O. The van der Waals surface area contributed by atoms with Crippen LogP contribution in [-0.4, -0.2) is 16.6 Å². The molecule has 0 spiro atoms. The summed E-state index contributed by atoms with van der Waals surface area (Å²) in [6, 6.07) is 6.34. The minimum absolute atomic E-state index is 0.0429. The summed E-state index contributed by atoms with van der Waals surface area (Å²) in [5.74, 6) is 2.35. The lowest BCUT2D eigenvalue weighted by atomic mass is 9.84. The standard InChI is InChI=1S/C16H23NOS/c1-12-10-13(6-9-19-8-5-7-17)11-14(15(12)18)16(2,3)4/h10-11,18H,5-6,8-9H2,1-4H3. The highest BCUT2D eigenvalue weighted by Gasteiger charge is 2.19. The van der Waals surface area contributed by atoms with Gasteiger partial charge in [-0.25, -0.2) is 0 Å². The number of rotatable bonds is 5. The van der Waals surface area contributed by atoms with E-state index in [1.165, 1.54) is 5.56 Å². The molecule has 0 aromatic heterocycles. The molecule has 104 valence electrons. The number of thioether (sulfide) groups is 1. The Kier molecular flexibility index (Phi) is 5.75. The fourth-order valence-corrected chi connectivity index (χ4v) is 2.80. The van der Waals surface area contributed by atoms with Crippen molar-refractivity contribution < 1.29 is 5.11 Å². The summed E-state index contributed by atoms with van der Waals surface area (Å²) in [6.45, 7) is 8.31. The van der Waals surface area contributed by atoms with Crippen molar-refractivity contribution in [1.82, 2.24) is 0 Å². The van der Waals surface area contributed by atoms with Crippen LogP contribution >= 0.6 is 11.8 Å². The van der Waals surface area contributed by atoms with Gasteiger partial charge in [-0.3, -0.25) is 0 Å². The van der Waals surface area contributed by atoms with E-state index in [0.29, 0.717) is 12.2 Å². The van der Waals surface area contributed by atoms with Crippen molar-refractivity contribution in [3.05, 3.63) is 28.8 Å². The Labute approximate surface area is 120 Å². The largest absolute Gasteiger partial charge is 0.507 e. The van der Waals surface area contributed by atoms with E-state index in [4.69, 9.17) is 5.26 Å². The lowest BCUT2D eigenvalue weighted by Gasteiger charge is -2.22. The predicted octanol–water partition coefficient (Wildman–Crippen LogP) is 4.19. The van der Waals surface area contributed by atoms with Gasteiger partial charge in [0.15, 0.2) is 0 Å². The van der Waals surface area contributed by atoms with Crippen LogP contribution in [0.15, 0.2) is 12.1 Å². The van der Waals surface area contributed by atoms with Crippen molar-refractivity contribution in [2.75, 3.05) is 11.5 Å². The van der Waals surface area contributed by atoms with Gasteiger partial charge in [-0.2, -0.15) is 17.0 Å². The normalized spacial score (nSPS) is 11.3. The maximum atomic E-state index is 10.2. The summed E-state index contributed by atoms with van der Waals surface area (Å²) in [6.07, 6.45) is 1.60. The van der Waals surface area contributed by atoms with E-state index in [1.807, 2.05) is 18.7 Å². The van der Waals surface area contributed by atoms with Crippen LogP contribution in [0.25, 0.3) is 0 Å². The van der Waals surface area contributed by atoms with Gasteiger partial charge in [0, 0.05) is 12.2 Å². The maximum Gasteiger partial charge on any atom is 0.122 e. The molecule has 0 unspecified atom stereocenters. The number of hydrogen-bond acceptors (Lipinski definition) is 3. The molecule has 0 bridgehead atoms. The second kappa shape index (κ2) is 6.86. The average molecular weight is 277 g/mol. The van der Waals surface area contributed by atoms with Crippen LogP contribution in [0.4, 0.5) is 0 Å². The average Bonchev–Trinajstić information content (AvgIpc) is 2.31. The quantitative estimate of drug-likeness (QED) is 0.821. The summed E-state index contributed by atoms with van der Waals surface area (Å²) in [7, 11) is 0. The monoisotopic (exact) mass is 277 g/mol. The second-order valence-corrected chi connectivity index (χ2v) is 7.05. The van der Waals surface area contributed by atoms with Gasteiger partial charge in [-0.15, -0.1) is 0 Å². The number of benzene rings is 1. The minimum atomic E-state index is -0.0429. The first-order valence-corrected chi connectivity index (χ1v) is 7.79. The Bertz CT molecular complexity index is 469. The smallest absolute Gasteiger partial charge is 0.122 e. The molecule has 19 heavy (non-hydrogen) atoms. The number of aromatic hydroxyl groups is 1. The first-order valence-electron chi connectivity index (χ1n) is 6.64. The molecule has 1 aromatic carbocycles. The summed E-state index contributed by atoms with van der Waals surface area (Å²) in [4.78, 5) is 0. The van der Waals surface area contributed by atoms with Gasteiger partial charge < -0.3 is 5.11 Å². The van der Waals surface area contributed by atoms with Crippen molar-refractivity contribution in [3.8, 4) is 11.8 Å². The molecular formula is C16H23NOS. The fraction of sp³-hybridized carbons (Fsp3) is 0.562. The van der Waals surface area contributed by atoms with Gasteiger partial charge in [0.05, 0.1) is 6.07 Å². The number of nitriles is 1. The van der Waals surface area contributed by atoms with Crippen LogP contribution in [0.3, 0.4) is 0 Å². The van der Waals surface area contributed by atoms with Crippen LogP contribution < -0.4 is 0 Å². The first kappa shape index (κ1) is 15.9. The number of phenolic OH excluding ortho intramolecular Hbond substituents is 1. The van der Waals surface area contributed by atoms with Gasteiger partial charge in [0.2, 0.25) is 0 Å². The molecule has 0 saturated carbocycles.